The predicted molar refractivity (Wildman–Crippen MR) is 81.7 cm³/mol. The second kappa shape index (κ2) is 5.13. The van der Waals surface area contributed by atoms with Gasteiger partial charge in [0.2, 0.25) is 0 Å². The molecule has 1 aromatic heterocycles. The number of anilines is 1. The second-order valence-corrected chi connectivity index (χ2v) is 5.94. The highest BCUT2D eigenvalue weighted by Crippen LogP contribution is 2.34. The van der Waals surface area contributed by atoms with E-state index in [4.69, 9.17) is 4.98 Å². The molecule has 0 bridgehead atoms. The molecule has 1 fully saturated rings. The SMILES string of the molecule is CC(C)CN(c1nc2ccccc2cc1C#N)C1CC1. The van der Waals surface area contributed by atoms with Crippen molar-refractivity contribution < 1.29 is 0 Å². The van der Waals surface area contributed by atoms with E-state index in [1.807, 2.05) is 30.3 Å². The van der Waals surface area contributed by atoms with Gasteiger partial charge in [0.1, 0.15) is 11.9 Å². The third-order valence-corrected chi connectivity index (χ3v) is 3.65. The van der Waals surface area contributed by atoms with Crippen molar-refractivity contribution in [2.24, 2.45) is 5.92 Å². The molecule has 0 atom stereocenters. The molecule has 1 aromatic carbocycles. The Bertz CT molecular complexity index is 665. The molecule has 20 heavy (non-hydrogen) atoms. The minimum absolute atomic E-state index is 0.565. The van der Waals surface area contributed by atoms with E-state index in [0.717, 1.165) is 23.3 Å². The highest BCUT2D eigenvalue weighted by Gasteiger charge is 2.31. The van der Waals surface area contributed by atoms with Crippen LogP contribution in [0.4, 0.5) is 5.82 Å². The van der Waals surface area contributed by atoms with Crippen LogP contribution in [-0.4, -0.2) is 17.6 Å². The van der Waals surface area contributed by atoms with Crippen molar-refractivity contribution in [3.63, 3.8) is 0 Å². The average molecular weight is 265 g/mol. The lowest BCUT2D eigenvalue weighted by molar-refractivity contribution is 0.603. The van der Waals surface area contributed by atoms with Gasteiger partial charge in [-0.3, -0.25) is 0 Å². The van der Waals surface area contributed by atoms with Gasteiger partial charge in [-0.05, 0) is 30.9 Å². The number of para-hydroxylation sites is 1. The monoisotopic (exact) mass is 265 g/mol. The predicted octanol–water partition coefficient (Wildman–Crippen LogP) is 3.73. The molecule has 0 spiro atoms. The maximum absolute atomic E-state index is 9.45. The Morgan fingerprint density at radius 3 is 2.75 bits per heavy atom. The van der Waals surface area contributed by atoms with E-state index in [9.17, 15) is 5.26 Å². The normalized spacial score (nSPS) is 14.5. The fraction of sp³-hybridized carbons (Fsp3) is 0.412. The standard InChI is InChI=1S/C17H19N3/c1-12(2)11-20(15-7-8-15)17-14(10-18)9-13-5-3-4-6-16(13)19-17/h3-6,9,12,15H,7-8,11H2,1-2H3. The van der Waals surface area contributed by atoms with E-state index in [0.29, 0.717) is 17.5 Å². The summed E-state index contributed by atoms with van der Waals surface area (Å²) in [6.45, 7) is 5.38. The summed E-state index contributed by atoms with van der Waals surface area (Å²) in [5.74, 6) is 1.43. The number of rotatable bonds is 4. The molecule has 0 unspecified atom stereocenters. The Hall–Kier alpha value is -2.08. The van der Waals surface area contributed by atoms with Crippen LogP contribution in [0, 0.1) is 17.2 Å². The molecule has 1 aliphatic rings. The Morgan fingerprint density at radius 2 is 2.10 bits per heavy atom. The lowest BCUT2D eigenvalue weighted by atomic mass is 10.1. The molecule has 0 N–H and O–H groups in total. The van der Waals surface area contributed by atoms with Crippen LogP contribution in [0.1, 0.15) is 32.3 Å². The number of nitriles is 1. The molecule has 1 heterocycles. The summed E-state index contributed by atoms with van der Waals surface area (Å²) < 4.78 is 0. The highest BCUT2D eigenvalue weighted by molar-refractivity contribution is 5.83. The van der Waals surface area contributed by atoms with Gasteiger partial charge in [-0.1, -0.05) is 32.0 Å². The fourth-order valence-corrected chi connectivity index (χ4v) is 2.60. The Labute approximate surface area is 119 Å². The van der Waals surface area contributed by atoms with E-state index in [-0.39, 0.29) is 0 Å². The van der Waals surface area contributed by atoms with Gasteiger partial charge in [-0.25, -0.2) is 4.98 Å². The zero-order valence-electron chi connectivity index (χ0n) is 12.0. The van der Waals surface area contributed by atoms with Gasteiger partial charge in [-0.2, -0.15) is 5.26 Å². The first kappa shape index (κ1) is 12.9. The molecule has 3 nitrogen and oxygen atoms in total. The number of nitrogens with zero attached hydrogens (tertiary/aromatic N) is 3. The van der Waals surface area contributed by atoms with Gasteiger partial charge in [0, 0.05) is 18.0 Å². The number of benzene rings is 1. The molecule has 102 valence electrons. The van der Waals surface area contributed by atoms with Crippen molar-refractivity contribution in [2.45, 2.75) is 32.7 Å². The fourth-order valence-electron chi connectivity index (χ4n) is 2.60. The molecule has 1 saturated carbocycles. The molecular weight excluding hydrogens is 246 g/mol. The molecule has 1 aliphatic carbocycles. The quantitative estimate of drug-likeness (QED) is 0.845. The smallest absolute Gasteiger partial charge is 0.147 e. The highest BCUT2D eigenvalue weighted by atomic mass is 15.2. The Kier molecular flexibility index (Phi) is 3.31. The lowest BCUT2D eigenvalue weighted by Crippen LogP contribution is -2.31. The largest absolute Gasteiger partial charge is 0.352 e. The third-order valence-electron chi connectivity index (χ3n) is 3.65. The number of pyridine rings is 1. The number of fused-ring (bicyclic) bond motifs is 1. The molecule has 3 heteroatoms. The van der Waals surface area contributed by atoms with Crippen LogP contribution in [-0.2, 0) is 0 Å². The van der Waals surface area contributed by atoms with Crippen LogP contribution >= 0.6 is 0 Å². The Morgan fingerprint density at radius 1 is 1.35 bits per heavy atom. The zero-order valence-corrected chi connectivity index (χ0v) is 12.0. The van der Waals surface area contributed by atoms with Gasteiger partial charge in [0.25, 0.3) is 0 Å². The van der Waals surface area contributed by atoms with Crippen molar-refractivity contribution in [3.05, 3.63) is 35.9 Å². The van der Waals surface area contributed by atoms with Gasteiger partial charge >= 0.3 is 0 Å². The molecular formula is C17H19N3. The first-order chi connectivity index (χ1) is 9.69. The summed E-state index contributed by atoms with van der Waals surface area (Å²) in [6.07, 6.45) is 2.43. The zero-order chi connectivity index (χ0) is 14.1. The average Bonchev–Trinajstić information content (AvgIpc) is 3.27. The van der Waals surface area contributed by atoms with Crippen molar-refractivity contribution in [3.8, 4) is 6.07 Å². The van der Waals surface area contributed by atoms with Crippen molar-refractivity contribution >= 4 is 16.7 Å². The van der Waals surface area contributed by atoms with Gasteiger partial charge in [0.15, 0.2) is 0 Å². The molecule has 0 amide bonds. The maximum Gasteiger partial charge on any atom is 0.147 e. The maximum atomic E-state index is 9.45. The van der Waals surface area contributed by atoms with E-state index in [2.05, 4.69) is 24.8 Å². The van der Waals surface area contributed by atoms with Crippen LogP contribution in [0.2, 0.25) is 0 Å². The van der Waals surface area contributed by atoms with E-state index < -0.39 is 0 Å². The molecule has 0 aliphatic heterocycles. The third kappa shape index (κ3) is 2.46. The Balaban J connectivity index is 2.10. The second-order valence-electron chi connectivity index (χ2n) is 5.94. The van der Waals surface area contributed by atoms with Crippen LogP contribution < -0.4 is 4.90 Å². The van der Waals surface area contributed by atoms with Gasteiger partial charge in [0.05, 0.1) is 11.1 Å². The van der Waals surface area contributed by atoms with Gasteiger partial charge in [-0.15, -0.1) is 0 Å². The molecule has 2 aromatic rings. The van der Waals surface area contributed by atoms with Gasteiger partial charge < -0.3 is 4.90 Å². The summed E-state index contributed by atoms with van der Waals surface area (Å²) in [5, 5.41) is 10.5. The van der Waals surface area contributed by atoms with Crippen LogP contribution in [0.25, 0.3) is 10.9 Å². The van der Waals surface area contributed by atoms with E-state index in [1.165, 1.54) is 12.8 Å². The van der Waals surface area contributed by atoms with E-state index >= 15 is 0 Å². The van der Waals surface area contributed by atoms with Crippen LogP contribution in [0.5, 0.6) is 0 Å². The first-order valence-electron chi connectivity index (χ1n) is 7.25. The van der Waals surface area contributed by atoms with Crippen molar-refractivity contribution in [1.29, 1.82) is 5.26 Å². The minimum Gasteiger partial charge on any atom is -0.352 e. The summed E-state index contributed by atoms with van der Waals surface area (Å²) in [6, 6.07) is 12.9. The molecule has 0 saturated heterocycles. The number of hydrogen-bond donors (Lipinski definition) is 0. The summed E-state index contributed by atoms with van der Waals surface area (Å²) in [4.78, 5) is 7.09. The summed E-state index contributed by atoms with van der Waals surface area (Å²) >= 11 is 0. The van der Waals surface area contributed by atoms with Crippen molar-refractivity contribution in [2.75, 3.05) is 11.4 Å². The van der Waals surface area contributed by atoms with Crippen molar-refractivity contribution in [1.82, 2.24) is 4.98 Å². The van der Waals surface area contributed by atoms with E-state index in [1.54, 1.807) is 0 Å². The van der Waals surface area contributed by atoms with Crippen LogP contribution in [0.3, 0.4) is 0 Å². The number of aromatic nitrogens is 1. The van der Waals surface area contributed by atoms with Crippen LogP contribution in [0.15, 0.2) is 30.3 Å². The first-order valence-corrected chi connectivity index (χ1v) is 7.25. The lowest BCUT2D eigenvalue weighted by Gasteiger charge is -2.26. The molecule has 0 radical (unpaired) electrons. The topological polar surface area (TPSA) is 39.9 Å². The minimum atomic E-state index is 0.565. The summed E-state index contributed by atoms with van der Waals surface area (Å²) in [5.41, 5.74) is 1.66. The summed E-state index contributed by atoms with van der Waals surface area (Å²) in [7, 11) is 0. The molecule has 3 rings (SSSR count). The number of hydrogen-bond acceptors (Lipinski definition) is 3.